The van der Waals surface area contributed by atoms with Crippen molar-refractivity contribution in [2.24, 2.45) is 4.99 Å². The van der Waals surface area contributed by atoms with Gasteiger partial charge in [0.1, 0.15) is 0 Å². The van der Waals surface area contributed by atoms with Gasteiger partial charge in [0.05, 0.1) is 11.4 Å². The second kappa shape index (κ2) is 9.56. The van der Waals surface area contributed by atoms with E-state index in [1.807, 2.05) is 61.5 Å². The van der Waals surface area contributed by atoms with Crippen LogP contribution in [0.4, 0.5) is 16.2 Å². The number of aliphatic imine (C=N–C) groups is 1. The van der Waals surface area contributed by atoms with Crippen LogP contribution >= 0.6 is 0 Å². The molecule has 0 spiro atoms. The van der Waals surface area contributed by atoms with Gasteiger partial charge < -0.3 is 15.5 Å². The Morgan fingerprint density at radius 3 is 2.54 bits per heavy atom. The molecule has 10 nitrogen and oxygen atoms in total. The SMILES string of the molecule is CCN1C(=O)C(NC(=O)Nc2cccc(-c3nn[nH]n3)c2)N=C(c2ccccc2)c2ccccc21. The van der Waals surface area contributed by atoms with E-state index in [1.165, 1.54) is 0 Å². The first-order valence-corrected chi connectivity index (χ1v) is 11.1. The summed E-state index contributed by atoms with van der Waals surface area (Å²) in [7, 11) is 0. The third-order valence-electron chi connectivity index (χ3n) is 5.56. The highest BCUT2D eigenvalue weighted by molar-refractivity contribution is 6.20. The Morgan fingerprint density at radius 1 is 1.00 bits per heavy atom. The van der Waals surface area contributed by atoms with Crippen LogP contribution in [0, 0.1) is 0 Å². The number of nitrogens with zero attached hydrogens (tertiary/aromatic N) is 5. The van der Waals surface area contributed by atoms with Gasteiger partial charge in [0, 0.05) is 28.9 Å². The lowest BCUT2D eigenvalue weighted by molar-refractivity contribution is -0.120. The molecule has 174 valence electrons. The summed E-state index contributed by atoms with van der Waals surface area (Å²) in [5.41, 5.74) is 4.25. The molecule has 1 aliphatic heterocycles. The van der Waals surface area contributed by atoms with Crippen LogP contribution in [0.1, 0.15) is 18.1 Å². The molecule has 1 atom stereocenters. The molecule has 35 heavy (non-hydrogen) atoms. The fraction of sp³-hybridized carbons (Fsp3) is 0.120. The van der Waals surface area contributed by atoms with Crippen molar-refractivity contribution in [1.29, 1.82) is 0 Å². The second-order valence-electron chi connectivity index (χ2n) is 7.76. The number of likely N-dealkylation sites (N-methyl/N-ethyl adjacent to an activating group) is 1. The molecule has 1 unspecified atom stereocenters. The monoisotopic (exact) mass is 466 g/mol. The summed E-state index contributed by atoms with van der Waals surface area (Å²) < 4.78 is 0. The van der Waals surface area contributed by atoms with Crippen molar-refractivity contribution in [3.05, 3.63) is 90.0 Å². The number of hydrogen-bond donors (Lipinski definition) is 3. The molecule has 4 aromatic rings. The van der Waals surface area contributed by atoms with E-state index in [-0.39, 0.29) is 5.91 Å². The molecule has 0 fully saturated rings. The van der Waals surface area contributed by atoms with Crippen molar-refractivity contribution < 1.29 is 9.59 Å². The first-order chi connectivity index (χ1) is 17.1. The Kier molecular flexibility index (Phi) is 6.00. The highest BCUT2D eigenvalue weighted by atomic mass is 16.2. The molecule has 2 heterocycles. The van der Waals surface area contributed by atoms with Crippen LogP contribution in [-0.2, 0) is 4.79 Å². The zero-order valence-corrected chi connectivity index (χ0v) is 18.8. The number of hydrogen-bond acceptors (Lipinski definition) is 6. The maximum atomic E-state index is 13.5. The average Bonchev–Trinajstić information content (AvgIpc) is 3.40. The van der Waals surface area contributed by atoms with Gasteiger partial charge in [-0.05, 0) is 30.3 Å². The van der Waals surface area contributed by atoms with Gasteiger partial charge in [0.15, 0.2) is 0 Å². The predicted octanol–water partition coefficient (Wildman–Crippen LogP) is 3.22. The van der Waals surface area contributed by atoms with Crippen LogP contribution in [0.2, 0.25) is 0 Å². The molecule has 1 aromatic heterocycles. The summed E-state index contributed by atoms with van der Waals surface area (Å²) in [4.78, 5) is 32.8. The van der Waals surface area contributed by atoms with Crippen LogP contribution in [0.25, 0.3) is 11.4 Å². The molecule has 3 amide bonds. The van der Waals surface area contributed by atoms with E-state index < -0.39 is 12.2 Å². The smallest absolute Gasteiger partial charge is 0.309 e. The number of anilines is 2. The van der Waals surface area contributed by atoms with E-state index in [0.29, 0.717) is 29.3 Å². The van der Waals surface area contributed by atoms with E-state index in [4.69, 9.17) is 4.99 Å². The lowest BCUT2D eigenvalue weighted by atomic mass is 10.0. The summed E-state index contributed by atoms with van der Waals surface area (Å²) in [6, 6.07) is 23.7. The van der Waals surface area contributed by atoms with Gasteiger partial charge in [-0.3, -0.25) is 4.79 Å². The van der Waals surface area contributed by atoms with E-state index in [1.54, 1.807) is 29.2 Å². The van der Waals surface area contributed by atoms with Crippen molar-refractivity contribution in [3.8, 4) is 11.4 Å². The third kappa shape index (κ3) is 4.49. The molecule has 5 rings (SSSR count). The largest absolute Gasteiger partial charge is 0.321 e. The van der Waals surface area contributed by atoms with Gasteiger partial charge in [-0.25, -0.2) is 9.79 Å². The van der Waals surface area contributed by atoms with E-state index in [9.17, 15) is 9.59 Å². The molecule has 3 N–H and O–H groups in total. The summed E-state index contributed by atoms with van der Waals surface area (Å²) in [5.74, 6) is 0.0861. The number of nitrogens with one attached hydrogen (secondary N) is 3. The number of carbonyl (C=O) groups excluding carboxylic acids is 2. The molecular formula is C25H22N8O2. The minimum Gasteiger partial charge on any atom is -0.309 e. The number of fused-ring (bicyclic) bond motifs is 1. The second-order valence-corrected chi connectivity index (χ2v) is 7.76. The van der Waals surface area contributed by atoms with Gasteiger partial charge in [-0.2, -0.15) is 5.21 Å². The molecule has 1 aliphatic rings. The van der Waals surface area contributed by atoms with Gasteiger partial charge in [-0.1, -0.05) is 60.7 Å². The standard InChI is InChI=1S/C25H22N8O2/c1-2-33-20-14-7-6-13-19(20)21(16-9-4-3-5-10-16)27-23(24(33)34)28-25(35)26-18-12-8-11-17(15-18)22-29-31-32-30-22/h3-15,23H,2H2,1H3,(H2,26,28,35)(H,29,30,31,32). The molecule has 0 saturated carbocycles. The summed E-state index contributed by atoms with van der Waals surface area (Å²) in [6.45, 7) is 2.32. The average molecular weight is 467 g/mol. The van der Waals surface area contributed by atoms with Crippen molar-refractivity contribution in [3.63, 3.8) is 0 Å². The summed E-state index contributed by atoms with van der Waals surface area (Å²) in [6.07, 6.45) is -1.11. The number of aromatic nitrogens is 4. The Labute approximate surface area is 201 Å². The highest BCUT2D eigenvalue weighted by Crippen LogP contribution is 2.28. The maximum Gasteiger partial charge on any atom is 0.321 e. The molecule has 3 aromatic carbocycles. The number of H-pyrrole nitrogens is 1. The van der Waals surface area contributed by atoms with Crippen LogP contribution in [0.15, 0.2) is 83.9 Å². The molecule has 0 radical (unpaired) electrons. The Bertz CT molecular complexity index is 1390. The van der Waals surface area contributed by atoms with Crippen molar-refractivity contribution in [2.75, 3.05) is 16.8 Å². The van der Waals surface area contributed by atoms with Crippen molar-refractivity contribution in [2.45, 2.75) is 13.1 Å². The van der Waals surface area contributed by atoms with Crippen molar-refractivity contribution in [1.82, 2.24) is 25.9 Å². The maximum absolute atomic E-state index is 13.5. The summed E-state index contributed by atoms with van der Waals surface area (Å²) >= 11 is 0. The topological polar surface area (TPSA) is 128 Å². The number of urea groups is 1. The molecule has 0 saturated heterocycles. The minimum atomic E-state index is -1.11. The quantitative estimate of drug-likeness (QED) is 0.416. The molecule has 0 bridgehead atoms. The van der Waals surface area contributed by atoms with Crippen LogP contribution < -0.4 is 15.5 Å². The Hall–Kier alpha value is -4.86. The van der Waals surface area contributed by atoms with E-state index in [2.05, 4.69) is 31.3 Å². The van der Waals surface area contributed by atoms with Gasteiger partial charge in [0.2, 0.25) is 12.0 Å². The third-order valence-corrected chi connectivity index (χ3v) is 5.56. The Balaban J connectivity index is 1.45. The number of rotatable bonds is 5. The summed E-state index contributed by atoms with van der Waals surface area (Å²) in [5, 5.41) is 19.4. The fourth-order valence-electron chi connectivity index (χ4n) is 3.99. The van der Waals surface area contributed by atoms with Gasteiger partial charge in [0.25, 0.3) is 5.91 Å². The number of tetrazole rings is 1. The van der Waals surface area contributed by atoms with Gasteiger partial charge >= 0.3 is 6.03 Å². The lowest BCUT2D eigenvalue weighted by Gasteiger charge is -2.24. The number of para-hydroxylation sites is 1. The van der Waals surface area contributed by atoms with Crippen LogP contribution in [0.3, 0.4) is 0 Å². The highest BCUT2D eigenvalue weighted by Gasteiger charge is 2.32. The minimum absolute atomic E-state index is 0.318. The van der Waals surface area contributed by atoms with Crippen LogP contribution in [0.5, 0.6) is 0 Å². The zero-order chi connectivity index (χ0) is 24.2. The Morgan fingerprint density at radius 2 is 1.77 bits per heavy atom. The van der Waals surface area contributed by atoms with E-state index >= 15 is 0 Å². The predicted molar refractivity (Wildman–Crippen MR) is 132 cm³/mol. The molecule has 0 aliphatic carbocycles. The normalized spacial score (nSPS) is 15.1. The van der Waals surface area contributed by atoms with E-state index in [0.717, 1.165) is 16.8 Å². The zero-order valence-electron chi connectivity index (χ0n) is 18.8. The number of amides is 3. The first-order valence-electron chi connectivity index (χ1n) is 11.1. The first kappa shape index (κ1) is 22.0. The number of benzene rings is 3. The molecular weight excluding hydrogens is 444 g/mol. The number of benzodiazepines with no additional fused rings is 1. The fourth-order valence-corrected chi connectivity index (χ4v) is 3.99. The van der Waals surface area contributed by atoms with Gasteiger partial charge in [-0.15, -0.1) is 10.2 Å². The lowest BCUT2D eigenvalue weighted by Crippen LogP contribution is -2.48. The van der Waals surface area contributed by atoms with Crippen LogP contribution in [-0.4, -0.2) is 51.0 Å². The van der Waals surface area contributed by atoms with Crippen molar-refractivity contribution >= 4 is 29.0 Å². The number of aromatic amines is 1. The number of carbonyl (C=O) groups is 2. The molecule has 10 heteroatoms.